The van der Waals surface area contributed by atoms with Crippen molar-refractivity contribution >= 4 is 11.9 Å². The lowest BCUT2D eigenvalue weighted by atomic mass is 10.2. The maximum atomic E-state index is 11.8. The summed E-state index contributed by atoms with van der Waals surface area (Å²) in [7, 11) is 0. The summed E-state index contributed by atoms with van der Waals surface area (Å²) in [6.45, 7) is 2.65. The van der Waals surface area contributed by atoms with E-state index in [0.29, 0.717) is 11.7 Å². The molecule has 0 radical (unpaired) electrons. The fourth-order valence-electron chi connectivity index (χ4n) is 1.96. The number of carbonyl (C=O) groups excluding carboxylic acids is 1. The largest absolute Gasteiger partial charge is 0.406 e. The van der Waals surface area contributed by atoms with Crippen LogP contribution >= 0.6 is 0 Å². The number of nitrogens with one attached hydrogen (secondary N) is 2. The van der Waals surface area contributed by atoms with E-state index in [9.17, 15) is 4.79 Å². The lowest BCUT2D eigenvalue weighted by Gasteiger charge is -2.02. The van der Waals surface area contributed by atoms with Crippen LogP contribution in [0.3, 0.4) is 0 Å². The first-order valence-corrected chi connectivity index (χ1v) is 6.04. The highest BCUT2D eigenvalue weighted by molar-refractivity contribution is 6.01. The number of anilines is 1. The lowest BCUT2D eigenvalue weighted by molar-refractivity contribution is 0.101. The molecule has 3 heterocycles. The predicted molar refractivity (Wildman–Crippen MR) is 63.5 cm³/mol. The summed E-state index contributed by atoms with van der Waals surface area (Å²) in [5, 5.41) is 17.0. The smallest absolute Gasteiger partial charge is 0.322 e. The van der Waals surface area contributed by atoms with Crippen LogP contribution in [0.15, 0.2) is 15.0 Å². The molecule has 100 valence electrons. The van der Waals surface area contributed by atoms with Crippen molar-refractivity contribution in [3.05, 3.63) is 23.4 Å². The zero-order chi connectivity index (χ0) is 13.2. The van der Waals surface area contributed by atoms with Crippen LogP contribution in [0.4, 0.5) is 6.01 Å². The summed E-state index contributed by atoms with van der Waals surface area (Å²) in [5.74, 6) is 0.613. The zero-order valence-corrected chi connectivity index (χ0v) is 10.3. The first kappa shape index (κ1) is 11.8. The van der Waals surface area contributed by atoms with E-state index in [1.807, 2.05) is 0 Å². The summed E-state index contributed by atoms with van der Waals surface area (Å²) in [6, 6.07) is 1.67. The molecule has 2 N–H and O–H groups in total. The average molecular weight is 263 g/mol. The minimum atomic E-state index is -0.438. The van der Waals surface area contributed by atoms with Crippen LogP contribution < -0.4 is 10.6 Å². The third kappa shape index (κ3) is 2.48. The summed E-state index contributed by atoms with van der Waals surface area (Å²) in [5.41, 5.74) is 0.177. The van der Waals surface area contributed by atoms with Crippen molar-refractivity contribution in [1.29, 1.82) is 0 Å². The van der Waals surface area contributed by atoms with Gasteiger partial charge in [-0.05, 0) is 26.3 Å². The second kappa shape index (κ2) is 4.81. The molecular formula is C11H13N5O3. The standard InChI is InChI=1S/C11H13N5O3/c1-6-5-8(16-19-6)9(17)13-11-15-14-10(18-11)7-3-2-4-12-7/h5,7,12H,2-4H2,1H3,(H,13,15,17). The third-order valence-electron chi connectivity index (χ3n) is 2.88. The molecule has 1 aliphatic heterocycles. The Labute approximate surface area is 108 Å². The Morgan fingerprint density at radius 1 is 1.53 bits per heavy atom. The molecule has 2 aromatic heterocycles. The Balaban J connectivity index is 1.68. The maximum absolute atomic E-state index is 11.8. The molecule has 1 amide bonds. The number of aryl methyl sites for hydroxylation is 1. The second-order valence-electron chi connectivity index (χ2n) is 4.37. The van der Waals surface area contributed by atoms with Crippen LogP contribution in [0, 0.1) is 6.92 Å². The highest BCUT2D eigenvalue weighted by Crippen LogP contribution is 2.22. The SMILES string of the molecule is Cc1cc(C(=O)Nc2nnc(C3CCCN3)o2)no1. The fourth-order valence-corrected chi connectivity index (χ4v) is 1.96. The number of amides is 1. The number of carbonyl (C=O) groups is 1. The Hall–Kier alpha value is -2.22. The highest BCUT2D eigenvalue weighted by Gasteiger charge is 2.23. The Bertz CT molecular complexity index is 585. The minimum absolute atomic E-state index is 0.0642. The number of rotatable bonds is 3. The highest BCUT2D eigenvalue weighted by atomic mass is 16.5. The van der Waals surface area contributed by atoms with Gasteiger partial charge in [-0.3, -0.25) is 10.1 Å². The van der Waals surface area contributed by atoms with Crippen LogP contribution in [0.2, 0.25) is 0 Å². The molecule has 3 rings (SSSR count). The molecule has 1 fully saturated rings. The molecule has 1 saturated heterocycles. The Morgan fingerprint density at radius 2 is 2.42 bits per heavy atom. The topological polar surface area (TPSA) is 106 Å². The van der Waals surface area contributed by atoms with Crippen molar-refractivity contribution in [3.8, 4) is 0 Å². The number of nitrogens with zero attached hydrogens (tertiary/aromatic N) is 3. The third-order valence-corrected chi connectivity index (χ3v) is 2.88. The molecule has 19 heavy (non-hydrogen) atoms. The molecule has 1 unspecified atom stereocenters. The second-order valence-corrected chi connectivity index (χ2v) is 4.37. The van der Waals surface area contributed by atoms with Crippen LogP contribution in [-0.2, 0) is 0 Å². The zero-order valence-electron chi connectivity index (χ0n) is 10.3. The van der Waals surface area contributed by atoms with Gasteiger partial charge in [0.1, 0.15) is 5.76 Å². The molecule has 8 nitrogen and oxygen atoms in total. The number of hydrogen-bond donors (Lipinski definition) is 2. The molecule has 8 heteroatoms. The molecule has 0 saturated carbocycles. The monoisotopic (exact) mass is 263 g/mol. The summed E-state index contributed by atoms with van der Waals surface area (Å²) in [4.78, 5) is 11.8. The quantitative estimate of drug-likeness (QED) is 0.852. The van der Waals surface area contributed by atoms with E-state index < -0.39 is 5.91 Å². The van der Waals surface area contributed by atoms with Crippen LogP contribution in [0.25, 0.3) is 0 Å². The van der Waals surface area contributed by atoms with Crippen LogP contribution in [-0.4, -0.2) is 27.8 Å². The number of hydrogen-bond acceptors (Lipinski definition) is 7. The van der Waals surface area contributed by atoms with Crippen LogP contribution in [0.1, 0.15) is 41.0 Å². The van der Waals surface area contributed by atoms with Gasteiger partial charge in [0.25, 0.3) is 5.91 Å². The molecule has 0 aliphatic carbocycles. The lowest BCUT2D eigenvalue weighted by Crippen LogP contribution is -2.13. The maximum Gasteiger partial charge on any atom is 0.322 e. The van der Waals surface area contributed by atoms with Crippen molar-refractivity contribution in [3.63, 3.8) is 0 Å². The minimum Gasteiger partial charge on any atom is -0.406 e. The molecule has 2 aromatic rings. The van der Waals surface area contributed by atoms with Gasteiger partial charge < -0.3 is 14.3 Å². The van der Waals surface area contributed by atoms with Crippen molar-refractivity contribution in [2.75, 3.05) is 11.9 Å². The first-order valence-electron chi connectivity index (χ1n) is 6.04. The van der Waals surface area contributed by atoms with Gasteiger partial charge in [-0.25, -0.2) is 0 Å². The van der Waals surface area contributed by atoms with Crippen molar-refractivity contribution in [2.45, 2.75) is 25.8 Å². The summed E-state index contributed by atoms with van der Waals surface area (Å²) in [6.07, 6.45) is 2.03. The first-order chi connectivity index (χ1) is 9.22. The van der Waals surface area contributed by atoms with E-state index in [0.717, 1.165) is 19.4 Å². The van der Waals surface area contributed by atoms with Gasteiger partial charge in [0, 0.05) is 6.07 Å². The van der Waals surface area contributed by atoms with Crippen molar-refractivity contribution < 1.29 is 13.7 Å². The fraction of sp³-hybridized carbons (Fsp3) is 0.455. The molecule has 0 spiro atoms. The normalized spacial score (nSPS) is 18.7. The molecule has 0 bridgehead atoms. The van der Waals surface area contributed by atoms with Gasteiger partial charge in [0.15, 0.2) is 5.69 Å². The van der Waals surface area contributed by atoms with E-state index in [4.69, 9.17) is 8.94 Å². The van der Waals surface area contributed by atoms with E-state index >= 15 is 0 Å². The van der Waals surface area contributed by atoms with Crippen molar-refractivity contribution in [2.24, 2.45) is 0 Å². The molecular weight excluding hydrogens is 250 g/mol. The van der Waals surface area contributed by atoms with E-state index in [1.165, 1.54) is 6.07 Å². The van der Waals surface area contributed by atoms with E-state index in [-0.39, 0.29) is 17.8 Å². The molecule has 1 atom stereocenters. The molecule has 1 aliphatic rings. The van der Waals surface area contributed by atoms with Crippen LogP contribution in [0.5, 0.6) is 0 Å². The van der Waals surface area contributed by atoms with Gasteiger partial charge in [0.2, 0.25) is 5.89 Å². The van der Waals surface area contributed by atoms with Gasteiger partial charge in [-0.1, -0.05) is 10.3 Å². The van der Waals surface area contributed by atoms with E-state index in [1.54, 1.807) is 6.92 Å². The van der Waals surface area contributed by atoms with Gasteiger partial charge in [-0.2, -0.15) is 0 Å². The van der Waals surface area contributed by atoms with Gasteiger partial charge in [-0.15, -0.1) is 5.10 Å². The average Bonchev–Trinajstić information content (AvgIpc) is 3.07. The van der Waals surface area contributed by atoms with Gasteiger partial charge in [0.05, 0.1) is 6.04 Å². The summed E-state index contributed by atoms with van der Waals surface area (Å²) >= 11 is 0. The Kier molecular flexibility index (Phi) is 3.00. The number of aromatic nitrogens is 3. The van der Waals surface area contributed by atoms with Gasteiger partial charge >= 0.3 is 6.01 Å². The van der Waals surface area contributed by atoms with E-state index in [2.05, 4.69) is 26.0 Å². The van der Waals surface area contributed by atoms with Crippen molar-refractivity contribution in [1.82, 2.24) is 20.7 Å². The summed E-state index contributed by atoms with van der Waals surface area (Å²) < 4.78 is 10.2. The Morgan fingerprint density at radius 3 is 3.11 bits per heavy atom. The predicted octanol–water partition coefficient (Wildman–Crippen LogP) is 1.04. The molecule has 0 aromatic carbocycles.